The van der Waals surface area contributed by atoms with Crippen molar-refractivity contribution in [2.45, 2.75) is 12.7 Å². The van der Waals surface area contributed by atoms with Crippen LogP contribution >= 0.6 is 11.6 Å². The Morgan fingerprint density at radius 3 is 2.67 bits per heavy atom. The van der Waals surface area contributed by atoms with Gasteiger partial charge in [-0.2, -0.15) is 13.2 Å². The Morgan fingerprint density at radius 2 is 2.05 bits per heavy atom. The smallest absolute Gasteiger partial charge is 0.411 e. The van der Waals surface area contributed by atoms with Crippen molar-refractivity contribution in [3.63, 3.8) is 0 Å². The second-order valence-electron chi connectivity index (χ2n) is 4.16. The van der Waals surface area contributed by atoms with Crippen molar-refractivity contribution in [1.82, 2.24) is 5.32 Å². The van der Waals surface area contributed by atoms with Crippen LogP contribution in [0, 0.1) is 0 Å². The molecule has 0 spiro atoms. The van der Waals surface area contributed by atoms with E-state index in [0.29, 0.717) is 24.7 Å². The summed E-state index contributed by atoms with van der Waals surface area (Å²) in [5.74, 6) is 0.277. The highest BCUT2D eigenvalue weighted by molar-refractivity contribution is 6.32. The van der Waals surface area contributed by atoms with Crippen molar-refractivity contribution < 1.29 is 27.4 Å². The molecule has 0 atom stereocenters. The normalized spacial score (nSPS) is 11.7. The number of nitrogens with one attached hydrogen (secondary N) is 1. The van der Waals surface area contributed by atoms with E-state index in [-0.39, 0.29) is 5.75 Å². The molecule has 1 N–H and O–H groups in total. The number of methoxy groups -OCH3 is 1. The van der Waals surface area contributed by atoms with Gasteiger partial charge in [0.2, 0.25) is 0 Å². The van der Waals surface area contributed by atoms with Gasteiger partial charge in [-0.3, -0.25) is 0 Å². The SMILES string of the molecule is COCCNCc1ccc(OCOCC(F)(F)F)c(Cl)c1. The summed E-state index contributed by atoms with van der Waals surface area (Å²) in [5, 5.41) is 3.46. The summed E-state index contributed by atoms with van der Waals surface area (Å²) in [6.45, 7) is 0.0494. The monoisotopic (exact) mass is 327 g/mol. The van der Waals surface area contributed by atoms with E-state index >= 15 is 0 Å². The van der Waals surface area contributed by atoms with Crippen LogP contribution in [0.2, 0.25) is 5.02 Å². The fraction of sp³-hybridized carbons (Fsp3) is 0.538. The molecule has 0 saturated carbocycles. The van der Waals surface area contributed by atoms with E-state index in [2.05, 4.69) is 10.1 Å². The van der Waals surface area contributed by atoms with Gasteiger partial charge in [0.1, 0.15) is 12.4 Å². The molecular weight excluding hydrogens is 311 g/mol. The Labute approximate surface area is 126 Å². The zero-order chi connectivity index (χ0) is 15.7. The molecule has 4 nitrogen and oxygen atoms in total. The lowest BCUT2D eigenvalue weighted by Gasteiger charge is -2.11. The Morgan fingerprint density at radius 1 is 1.29 bits per heavy atom. The zero-order valence-electron chi connectivity index (χ0n) is 11.5. The quantitative estimate of drug-likeness (QED) is 0.559. The van der Waals surface area contributed by atoms with Crippen LogP contribution in [0.15, 0.2) is 18.2 Å². The minimum Gasteiger partial charge on any atom is -0.466 e. The Bertz CT molecular complexity index is 430. The number of benzene rings is 1. The molecule has 0 heterocycles. The van der Waals surface area contributed by atoms with Gasteiger partial charge in [0.15, 0.2) is 6.79 Å². The number of rotatable bonds is 9. The lowest BCUT2D eigenvalue weighted by Crippen LogP contribution is -2.19. The first-order valence-electron chi connectivity index (χ1n) is 6.18. The maximum Gasteiger partial charge on any atom is 0.411 e. The largest absolute Gasteiger partial charge is 0.466 e. The standard InChI is InChI=1S/C13H17ClF3NO3/c1-19-5-4-18-7-10-2-3-12(11(14)6-10)21-9-20-8-13(15,16)17/h2-3,6,18H,4-5,7-9H2,1H3. The van der Waals surface area contributed by atoms with Crippen molar-refractivity contribution >= 4 is 11.6 Å². The molecule has 1 aromatic carbocycles. The highest BCUT2D eigenvalue weighted by Gasteiger charge is 2.27. The Balaban J connectivity index is 2.36. The van der Waals surface area contributed by atoms with Crippen molar-refractivity contribution in [1.29, 1.82) is 0 Å². The first-order valence-corrected chi connectivity index (χ1v) is 6.55. The van der Waals surface area contributed by atoms with E-state index in [4.69, 9.17) is 21.1 Å². The molecule has 0 aliphatic rings. The van der Waals surface area contributed by atoms with Crippen molar-refractivity contribution in [2.24, 2.45) is 0 Å². The van der Waals surface area contributed by atoms with Gasteiger partial charge >= 0.3 is 6.18 Å². The molecule has 0 amide bonds. The predicted molar refractivity (Wildman–Crippen MR) is 72.5 cm³/mol. The van der Waals surface area contributed by atoms with E-state index < -0.39 is 19.6 Å². The minimum atomic E-state index is -4.37. The third-order valence-electron chi connectivity index (χ3n) is 2.37. The minimum absolute atomic E-state index is 0.277. The van der Waals surface area contributed by atoms with Gasteiger partial charge in [-0.25, -0.2) is 0 Å². The lowest BCUT2D eigenvalue weighted by atomic mass is 10.2. The van der Waals surface area contributed by atoms with Crippen LogP contribution in [0.1, 0.15) is 5.56 Å². The maximum atomic E-state index is 11.9. The van der Waals surface area contributed by atoms with Crippen LogP contribution in [-0.2, 0) is 16.0 Å². The third-order valence-corrected chi connectivity index (χ3v) is 2.67. The molecule has 8 heteroatoms. The summed E-state index contributed by atoms with van der Waals surface area (Å²) >= 11 is 5.98. The summed E-state index contributed by atoms with van der Waals surface area (Å²) in [6.07, 6.45) is -4.37. The maximum absolute atomic E-state index is 11.9. The average Bonchev–Trinajstić information content (AvgIpc) is 2.40. The van der Waals surface area contributed by atoms with Crippen LogP contribution in [-0.4, -0.2) is 39.8 Å². The molecular formula is C13H17ClF3NO3. The van der Waals surface area contributed by atoms with Gasteiger partial charge in [-0.05, 0) is 17.7 Å². The Hall–Kier alpha value is -1.02. The van der Waals surface area contributed by atoms with Crippen LogP contribution in [0.4, 0.5) is 13.2 Å². The molecule has 0 radical (unpaired) electrons. The fourth-order valence-electron chi connectivity index (χ4n) is 1.44. The van der Waals surface area contributed by atoms with E-state index in [1.165, 1.54) is 0 Å². The molecule has 0 bridgehead atoms. The molecule has 0 aromatic heterocycles. The second-order valence-corrected chi connectivity index (χ2v) is 4.57. The van der Waals surface area contributed by atoms with Gasteiger partial charge in [0.05, 0.1) is 11.6 Å². The molecule has 0 aliphatic carbocycles. The molecule has 1 aromatic rings. The number of alkyl halides is 3. The molecule has 120 valence electrons. The predicted octanol–water partition coefficient (Wildman–Crippen LogP) is 2.99. The molecule has 0 saturated heterocycles. The zero-order valence-corrected chi connectivity index (χ0v) is 12.3. The first kappa shape index (κ1) is 18.0. The van der Waals surface area contributed by atoms with Crippen molar-refractivity contribution in [3.8, 4) is 5.75 Å². The fourth-order valence-corrected chi connectivity index (χ4v) is 1.70. The van der Waals surface area contributed by atoms with Gasteiger partial charge in [-0.1, -0.05) is 17.7 Å². The van der Waals surface area contributed by atoms with E-state index in [0.717, 1.165) is 5.56 Å². The highest BCUT2D eigenvalue weighted by atomic mass is 35.5. The van der Waals surface area contributed by atoms with Crippen molar-refractivity contribution in [3.05, 3.63) is 28.8 Å². The van der Waals surface area contributed by atoms with Crippen LogP contribution in [0.3, 0.4) is 0 Å². The summed E-state index contributed by atoms with van der Waals surface area (Å²) in [4.78, 5) is 0. The molecule has 1 rings (SSSR count). The van der Waals surface area contributed by atoms with Crippen molar-refractivity contribution in [2.75, 3.05) is 33.7 Å². The first-order chi connectivity index (χ1) is 9.92. The summed E-state index contributed by atoms with van der Waals surface area (Å²) in [5.41, 5.74) is 0.930. The average molecular weight is 328 g/mol. The van der Waals surface area contributed by atoms with Crippen LogP contribution in [0.5, 0.6) is 5.75 Å². The molecule has 0 fully saturated rings. The van der Waals surface area contributed by atoms with Gasteiger partial charge in [-0.15, -0.1) is 0 Å². The number of hydrogen-bond acceptors (Lipinski definition) is 4. The Kier molecular flexibility index (Phi) is 7.81. The molecule has 0 unspecified atom stereocenters. The van der Waals surface area contributed by atoms with E-state index in [9.17, 15) is 13.2 Å². The van der Waals surface area contributed by atoms with Gasteiger partial charge in [0.25, 0.3) is 0 Å². The lowest BCUT2D eigenvalue weighted by molar-refractivity contribution is -0.186. The highest BCUT2D eigenvalue weighted by Crippen LogP contribution is 2.25. The van der Waals surface area contributed by atoms with Crippen LogP contribution < -0.4 is 10.1 Å². The van der Waals surface area contributed by atoms with Gasteiger partial charge in [0, 0.05) is 20.2 Å². The molecule has 21 heavy (non-hydrogen) atoms. The summed E-state index contributed by atoms with van der Waals surface area (Å²) in [7, 11) is 1.62. The number of ether oxygens (including phenoxy) is 3. The topological polar surface area (TPSA) is 39.7 Å². The van der Waals surface area contributed by atoms with E-state index in [1.807, 2.05) is 0 Å². The van der Waals surface area contributed by atoms with Crippen LogP contribution in [0.25, 0.3) is 0 Å². The number of halogens is 4. The second kappa shape index (κ2) is 9.09. The summed E-state index contributed by atoms with van der Waals surface area (Å²) in [6, 6.07) is 5.04. The summed E-state index contributed by atoms with van der Waals surface area (Å²) < 4.78 is 49.9. The number of hydrogen-bond donors (Lipinski definition) is 1. The third kappa shape index (κ3) is 8.11. The van der Waals surface area contributed by atoms with E-state index in [1.54, 1.807) is 25.3 Å². The van der Waals surface area contributed by atoms with Gasteiger partial charge < -0.3 is 19.5 Å². The molecule has 0 aliphatic heterocycles.